The number of sulfonamides is 2. The quantitative estimate of drug-likeness (QED) is 0.377. The van der Waals surface area contributed by atoms with Gasteiger partial charge in [-0.05, 0) is 68.3 Å². The summed E-state index contributed by atoms with van der Waals surface area (Å²) in [6.07, 6.45) is -3.31. The van der Waals surface area contributed by atoms with Gasteiger partial charge in [0, 0.05) is 13.1 Å². The van der Waals surface area contributed by atoms with Crippen molar-refractivity contribution in [3.63, 3.8) is 0 Å². The normalized spacial score (nSPS) is 14.6. The van der Waals surface area contributed by atoms with Crippen LogP contribution in [0.1, 0.15) is 24.0 Å². The van der Waals surface area contributed by atoms with Crippen LogP contribution in [0, 0.1) is 6.92 Å². The van der Waals surface area contributed by atoms with Crippen molar-refractivity contribution in [2.24, 2.45) is 0 Å². The number of amides is 1. The van der Waals surface area contributed by atoms with Gasteiger partial charge in [-0.25, -0.2) is 16.8 Å². The third kappa shape index (κ3) is 6.66. The molecule has 41 heavy (non-hydrogen) atoms. The summed E-state index contributed by atoms with van der Waals surface area (Å²) in [5, 5.41) is 2.47. The molecule has 3 aromatic rings. The molecule has 1 aliphatic heterocycles. The van der Waals surface area contributed by atoms with Gasteiger partial charge >= 0.3 is 6.18 Å². The van der Waals surface area contributed by atoms with E-state index in [1.54, 1.807) is 6.92 Å². The molecule has 0 radical (unpaired) electrons. The van der Waals surface area contributed by atoms with Crippen LogP contribution in [-0.4, -0.2) is 53.8 Å². The van der Waals surface area contributed by atoms with Crippen LogP contribution in [0.3, 0.4) is 0 Å². The highest BCUT2D eigenvalue weighted by Crippen LogP contribution is 2.34. The van der Waals surface area contributed by atoms with Crippen LogP contribution in [0.25, 0.3) is 0 Å². The number of benzene rings is 3. The molecule has 0 aromatic heterocycles. The number of rotatable bonds is 9. The van der Waals surface area contributed by atoms with E-state index in [-0.39, 0.29) is 26.9 Å². The van der Waals surface area contributed by atoms with E-state index in [0.29, 0.717) is 23.5 Å². The molecule has 1 heterocycles. The van der Waals surface area contributed by atoms with Crippen molar-refractivity contribution in [1.29, 1.82) is 0 Å². The van der Waals surface area contributed by atoms with Gasteiger partial charge in [0.2, 0.25) is 15.9 Å². The maximum absolute atomic E-state index is 13.6. The molecule has 0 saturated carbocycles. The molecule has 0 atom stereocenters. The zero-order valence-corrected chi connectivity index (χ0v) is 23.8. The Labute approximate surface area is 236 Å². The fourth-order valence-corrected chi connectivity index (χ4v) is 7.29. The average molecular weight is 612 g/mol. The lowest BCUT2D eigenvalue weighted by molar-refractivity contribution is -0.137. The Morgan fingerprint density at radius 1 is 0.951 bits per heavy atom. The molecule has 0 unspecified atom stereocenters. The molecule has 9 nitrogen and oxygen atoms in total. The molecule has 1 N–H and O–H groups in total. The summed E-state index contributed by atoms with van der Waals surface area (Å²) in [5.41, 5.74) is -0.772. The van der Waals surface area contributed by atoms with Crippen LogP contribution in [0.4, 0.5) is 24.5 Å². The Bertz CT molecular complexity index is 1640. The first-order valence-electron chi connectivity index (χ1n) is 12.5. The number of aryl methyl sites for hydroxylation is 1. The van der Waals surface area contributed by atoms with Gasteiger partial charge in [0.05, 0.1) is 33.8 Å². The predicted molar refractivity (Wildman–Crippen MR) is 147 cm³/mol. The first-order chi connectivity index (χ1) is 19.2. The van der Waals surface area contributed by atoms with E-state index in [1.165, 1.54) is 53.9 Å². The van der Waals surface area contributed by atoms with Crippen LogP contribution in [0.2, 0.25) is 0 Å². The number of methoxy groups -OCH3 is 1. The summed E-state index contributed by atoms with van der Waals surface area (Å²) in [6, 6.07) is 13.1. The topological polar surface area (TPSA) is 113 Å². The maximum atomic E-state index is 13.6. The molecule has 3 aromatic carbocycles. The zero-order valence-electron chi connectivity index (χ0n) is 22.2. The van der Waals surface area contributed by atoms with Crippen molar-refractivity contribution in [2.75, 3.05) is 36.4 Å². The second-order valence-electron chi connectivity index (χ2n) is 9.39. The van der Waals surface area contributed by atoms with Crippen LogP contribution in [0.15, 0.2) is 76.5 Å². The summed E-state index contributed by atoms with van der Waals surface area (Å²) >= 11 is 0. The van der Waals surface area contributed by atoms with Crippen molar-refractivity contribution in [3.8, 4) is 5.75 Å². The highest BCUT2D eigenvalue weighted by molar-refractivity contribution is 7.92. The standard InChI is InChI=1S/C27H28F3N3O6S2/c1-19-8-10-22(11-9-19)41(37,38)33(21-7-5-6-20(16-21)27(28,29)30)18-26(34)31-24-17-23(12-13-25(24)39-2)40(35,36)32-14-3-4-15-32/h5-13,16-17H,3-4,14-15,18H2,1-2H3,(H,31,34). The predicted octanol–water partition coefficient (Wildman–Crippen LogP) is 4.64. The lowest BCUT2D eigenvalue weighted by atomic mass is 10.2. The van der Waals surface area contributed by atoms with Crippen molar-refractivity contribution < 1.29 is 39.5 Å². The van der Waals surface area contributed by atoms with E-state index in [0.717, 1.165) is 36.6 Å². The minimum atomic E-state index is -4.76. The third-order valence-electron chi connectivity index (χ3n) is 6.51. The van der Waals surface area contributed by atoms with Crippen molar-refractivity contribution >= 4 is 37.3 Å². The number of hydrogen-bond acceptors (Lipinski definition) is 6. The number of halogens is 3. The Balaban J connectivity index is 1.70. The molecule has 1 saturated heterocycles. The first kappa shape index (κ1) is 30.3. The van der Waals surface area contributed by atoms with E-state index < -0.39 is 44.2 Å². The molecule has 0 spiro atoms. The number of nitrogens with one attached hydrogen (secondary N) is 1. The summed E-state index contributed by atoms with van der Waals surface area (Å²) < 4.78 is 101. The van der Waals surface area contributed by atoms with Gasteiger partial charge in [0.1, 0.15) is 12.3 Å². The number of nitrogens with zero attached hydrogens (tertiary/aromatic N) is 2. The number of alkyl halides is 3. The second kappa shape index (κ2) is 11.7. The summed E-state index contributed by atoms with van der Waals surface area (Å²) in [4.78, 5) is 12.9. The highest BCUT2D eigenvalue weighted by atomic mass is 32.2. The largest absolute Gasteiger partial charge is 0.495 e. The van der Waals surface area contributed by atoms with Gasteiger partial charge in [0.25, 0.3) is 10.0 Å². The molecule has 0 aliphatic carbocycles. The molecule has 4 rings (SSSR count). The Morgan fingerprint density at radius 3 is 2.20 bits per heavy atom. The lowest BCUT2D eigenvalue weighted by Gasteiger charge is -2.25. The number of carbonyl (C=O) groups is 1. The minimum absolute atomic E-state index is 0.0468. The fourth-order valence-electron chi connectivity index (χ4n) is 4.33. The first-order valence-corrected chi connectivity index (χ1v) is 15.4. The van der Waals surface area contributed by atoms with Gasteiger partial charge in [-0.1, -0.05) is 23.8 Å². The molecule has 14 heteroatoms. The highest BCUT2D eigenvalue weighted by Gasteiger charge is 2.34. The van der Waals surface area contributed by atoms with Crippen LogP contribution in [0.5, 0.6) is 5.75 Å². The van der Waals surface area contributed by atoms with Crippen LogP contribution in [-0.2, 0) is 31.0 Å². The Morgan fingerprint density at radius 2 is 1.59 bits per heavy atom. The number of hydrogen-bond donors (Lipinski definition) is 1. The number of carbonyl (C=O) groups excluding carboxylic acids is 1. The van der Waals surface area contributed by atoms with E-state index in [9.17, 15) is 34.8 Å². The molecule has 1 fully saturated rings. The van der Waals surface area contributed by atoms with Crippen molar-refractivity contribution in [3.05, 3.63) is 77.9 Å². The smallest absolute Gasteiger partial charge is 0.416 e. The monoisotopic (exact) mass is 611 g/mol. The van der Waals surface area contributed by atoms with Crippen LogP contribution >= 0.6 is 0 Å². The average Bonchev–Trinajstić information content (AvgIpc) is 3.48. The van der Waals surface area contributed by atoms with E-state index in [2.05, 4.69) is 5.32 Å². The fraction of sp³-hybridized carbons (Fsp3) is 0.296. The number of anilines is 2. The summed E-state index contributed by atoms with van der Waals surface area (Å²) in [6.45, 7) is 1.54. The van der Waals surface area contributed by atoms with E-state index >= 15 is 0 Å². The Hall–Kier alpha value is -3.62. The van der Waals surface area contributed by atoms with Gasteiger partial charge in [-0.3, -0.25) is 9.10 Å². The van der Waals surface area contributed by atoms with Gasteiger partial charge < -0.3 is 10.1 Å². The minimum Gasteiger partial charge on any atom is -0.495 e. The van der Waals surface area contributed by atoms with Crippen molar-refractivity contribution in [1.82, 2.24) is 4.31 Å². The van der Waals surface area contributed by atoms with Gasteiger partial charge in [-0.15, -0.1) is 0 Å². The molecule has 1 aliphatic rings. The molecule has 1 amide bonds. The summed E-state index contributed by atoms with van der Waals surface area (Å²) in [5.74, 6) is -0.835. The molecular weight excluding hydrogens is 583 g/mol. The van der Waals surface area contributed by atoms with Crippen LogP contribution < -0.4 is 14.4 Å². The Kier molecular flexibility index (Phi) is 8.66. The number of ether oxygens (including phenoxy) is 1. The third-order valence-corrected chi connectivity index (χ3v) is 10.2. The SMILES string of the molecule is COc1ccc(S(=O)(=O)N2CCCC2)cc1NC(=O)CN(c1cccc(C(F)(F)F)c1)S(=O)(=O)c1ccc(C)cc1. The van der Waals surface area contributed by atoms with Crippen molar-refractivity contribution in [2.45, 2.75) is 35.7 Å². The van der Waals surface area contributed by atoms with Gasteiger partial charge in [0.15, 0.2) is 0 Å². The van der Waals surface area contributed by atoms with Gasteiger partial charge in [-0.2, -0.15) is 17.5 Å². The second-order valence-corrected chi connectivity index (χ2v) is 13.2. The van der Waals surface area contributed by atoms with E-state index in [1.807, 2.05) is 0 Å². The molecule has 220 valence electrons. The maximum Gasteiger partial charge on any atom is 0.416 e. The molecular formula is C27H28F3N3O6S2. The molecule has 0 bridgehead atoms. The zero-order chi connectivity index (χ0) is 30.0. The lowest BCUT2D eigenvalue weighted by Crippen LogP contribution is -2.38. The summed E-state index contributed by atoms with van der Waals surface area (Å²) in [7, 11) is -7.06. The van der Waals surface area contributed by atoms with E-state index in [4.69, 9.17) is 4.74 Å².